The third kappa shape index (κ3) is 4.71. The topological polar surface area (TPSA) is 91.5 Å². The lowest BCUT2D eigenvalue weighted by Gasteiger charge is -2.27. The van der Waals surface area contributed by atoms with Crippen LogP contribution in [-0.4, -0.2) is 47.4 Å². The van der Waals surface area contributed by atoms with Gasteiger partial charge in [0.05, 0.1) is 18.8 Å². The molecule has 0 radical (unpaired) electrons. The number of oxazole rings is 1. The third-order valence-electron chi connectivity index (χ3n) is 6.28. The molecule has 5 rings (SSSR count). The second kappa shape index (κ2) is 9.42. The summed E-state index contributed by atoms with van der Waals surface area (Å²) in [5, 5.41) is 3.52. The molecule has 1 N–H and O–H groups in total. The number of anilines is 1. The molecule has 1 saturated heterocycles. The van der Waals surface area contributed by atoms with E-state index < -0.39 is 0 Å². The van der Waals surface area contributed by atoms with Crippen molar-refractivity contribution in [3.63, 3.8) is 0 Å². The Morgan fingerprint density at radius 3 is 2.78 bits per heavy atom. The molecule has 1 saturated carbocycles. The maximum atomic E-state index is 6.28. The van der Waals surface area contributed by atoms with Crippen LogP contribution in [0, 0.1) is 5.92 Å². The highest BCUT2D eigenvalue weighted by Crippen LogP contribution is 2.33. The van der Waals surface area contributed by atoms with E-state index in [2.05, 4.69) is 22.2 Å². The van der Waals surface area contributed by atoms with Crippen molar-refractivity contribution >= 4 is 17.0 Å². The van der Waals surface area contributed by atoms with Crippen molar-refractivity contribution in [3.05, 3.63) is 30.3 Å². The van der Waals surface area contributed by atoms with Crippen LogP contribution < -0.4 is 10.1 Å². The zero-order chi connectivity index (χ0) is 21.9. The minimum absolute atomic E-state index is 0.00360. The molecule has 0 amide bonds. The van der Waals surface area contributed by atoms with Gasteiger partial charge in [-0.25, -0.2) is 9.97 Å². The van der Waals surface area contributed by atoms with Crippen molar-refractivity contribution in [2.24, 2.45) is 5.92 Å². The van der Waals surface area contributed by atoms with E-state index in [4.69, 9.17) is 23.6 Å². The standard InChI is InChI=1S/C24H30N4O4/c1-15-3-6-17(7-4-15)26-24-25-12-19(23(28-24)31-18-9-10-30-13-18)16-5-8-21-20(11-16)27-22(32-21)14-29-2/h5,8,11-12,15,17-18H,3-4,6-7,9-10,13-14H2,1-2H3,(H,25,26,28)/t15?,17?,18-/m1/s1. The van der Waals surface area contributed by atoms with Crippen molar-refractivity contribution in [1.29, 1.82) is 0 Å². The van der Waals surface area contributed by atoms with E-state index in [0.717, 1.165) is 47.4 Å². The van der Waals surface area contributed by atoms with E-state index in [1.807, 2.05) is 24.4 Å². The third-order valence-corrected chi connectivity index (χ3v) is 6.28. The number of hydrogen-bond donors (Lipinski definition) is 1. The van der Waals surface area contributed by atoms with Gasteiger partial charge in [0.2, 0.25) is 17.7 Å². The average molecular weight is 439 g/mol. The molecule has 2 aliphatic rings. The fourth-order valence-corrected chi connectivity index (χ4v) is 4.40. The van der Waals surface area contributed by atoms with Crippen molar-refractivity contribution in [1.82, 2.24) is 15.0 Å². The Bertz CT molecular complexity index is 1060. The van der Waals surface area contributed by atoms with E-state index in [1.165, 1.54) is 12.8 Å². The van der Waals surface area contributed by atoms with Gasteiger partial charge in [0.25, 0.3) is 0 Å². The van der Waals surface area contributed by atoms with E-state index in [9.17, 15) is 0 Å². The molecule has 0 unspecified atom stereocenters. The molecule has 3 heterocycles. The van der Waals surface area contributed by atoms with Crippen LogP contribution in [0.2, 0.25) is 0 Å². The second-order valence-corrected chi connectivity index (χ2v) is 8.84. The molecule has 0 bridgehead atoms. The van der Waals surface area contributed by atoms with E-state index in [-0.39, 0.29) is 6.10 Å². The Kier molecular flexibility index (Phi) is 6.23. The Hall–Kier alpha value is -2.71. The molecule has 1 atom stereocenters. The number of nitrogens with one attached hydrogen (secondary N) is 1. The van der Waals surface area contributed by atoms with Gasteiger partial charge >= 0.3 is 0 Å². The van der Waals surface area contributed by atoms with E-state index in [1.54, 1.807) is 7.11 Å². The Morgan fingerprint density at radius 1 is 1.12 bits per heavy atom. The van der Waals surface area contributed by atoms with Gasteiger partial charge in [0.15, 0.2) is 5.58 Å². The first kappa shape index (κ1) is 21.2. The Labute approximate surface area is 187 Å². The summed E-state index contributed by atoms with van der Waals surface area (Å²) in [6.07, 6.45) is 7.45. The van der Waals surface area contributed by atoms with Gasteiger partial charge in [-0.15, -0.1) is 0 Å². The number of fused-ring (bicyclic) bond motifs is 1. The fraction of sp³-hybridized carbons (Fsp3) is 0.542. The summed E-state index contributed by atoms with van der Waals surface area (Å²) in [6.45, 7) is 3.95. The number of ether oxygens (including phenoxy) is 3. The number of hydrogen-bond acceptors (Lipinski definition) is 8. The predicted octanol–water partition coefficient (Wildman–Crippen LogP) is 4.59. The van der Waals surface area contributed by atoms with Crippen LogP contribution in [0.4, 0.5) is 5.95 Å². The van der Waals surface area contributed by atoms with Gasteiger partial charge in [0.1, 0.15) is 18.2 Å². The van der Waals surface area contributed by atoms with Gasteiger partial charge in [-0.3, -0.25) is 0 Å². The lowest BCUT2D eigenvalue weighted by atomic mass is 9.87. The first-order valence-corrected chi connectivity index (χ1v) is 11.4. The molecule has 2 aromatic heterocycles. The van der Waals surface area contributed by atoms with Crippen molar-refractivity contribution < 1.29 is 18.6 Å². The first-order chi connectivity index (χ1) is 15.7. The minimum Gasteiger partial charge on any atom is -0.471 e. The van der Waals surface area contributed by atoms with Crippen LogP contribution >= 0.6 is 0 Å². The van der Waals surface area contributed by atoms with Crippen LogP contribution in [0.15, 0.2) is 28.8 Å². The molecule has 2 fully saturated rings. The predicted molar refractivity (Wildman–Crippen MR) is 121 cm³/mol. The highest BCUT2D eigenvalue weighted by atomic mass is 16.5. The first-order valence-electron chi connectivity index (χ1n) is 11.4. The number of rotatable bonds is 7. The molecule has 0 spiro atoms. The summed E-state index contributed by atoms with van der Waals surface area (Å²) in [4.78, 5) is 13.9. The lowest BCUT2D eigenvalue weighted by molar-refractivity contribution is 0.138. The molecule has 170 valence electrons. The summed E-state index contributed by atoms with van der Waals surface area (Å²) in [5.41, 5.74) is 3.25. The summed E-state index contributed by atoms with van der Waals surface area (Å²) in [6, 6.07) is 6.28. The largest absolute Gasteiger partial charge is 0.471 e. The molecule has 8 heteroatoms. The molecular weight excluding hydrogens is 408 g/mol. The smallest absolute Gasteiger partial charge is 0.226 e. The molecule has 1 aliphatic heterocycles. The van der Waals surface area contributed by atoms with Crippen LogP contribution in [0.3, 0.4) is 0 Å². The lowest BCUT2D eigenvalue weighted by Crippen LogP contribution is -2.26. The van der Waals surface area contributed by atoms with Gasteiger partial charge < -0.3 is 23.9 Å². The van der Waals surface area contributed by atoms with Crippen molar-refractivity contribution in [2.75, 3.05) is 25.6 Å². The van der Waals surface area contributed by atoms with Gasteiger partial charge in [0, 0.05) is 25.8 Å². The van der Waals surface area contributed by atoms with Gasteiger partial charge in [-0.2, -0.15) is 4.98 Å². The summed E-state index contributed by atoms with van der Waals surface area (Å²) in [7, 11) is 1.62. The number of aromatic nitrogens is 3. The Balaban J connectivity index is 1.44. The average Bonchev–Trinajstić information content (AvgIpc) is 3.45. The van der Waals surface area contributed by atoms with E-state index in [0.29, 0.717) is 43.6 Å². The van der Waals surface area contributed by atoms with Crippen LogP contribution in [0.25, 0.3) is 22.2 Å². The number of methoxy groups -OCH3 is 1. The molecule has 8 nitrogen and oxygen atoms in total. The minimum atomic E-state index is -0.00360. The highest BCUT2D eigenvalue weighted by molar-refractivity contribution is 5.81. The summed E-state index contributed by atoms with van der Waals surface area (Å²) in [5.74, 6) is 2.54. The van der Waals surface area contributed by atoms with Crippen LogP contribution in [0.1, 0.15) is 44.9 Å². The normalized spacial score (nSPS) is 23.5. The quantitative estimate of drug-likeness (QED) is 0.573. The summed E-state index contributed by atoms with van der Waals surface area (Å²) < 4.78 is 22.6. The molecular formula is C24H30N4O4. The summed E-state index contributed by atoms with van der Waals surface area (Å²) >= 11 is 0. The van der Waals surface area contributed by atoms with E-state index >= 15 is 0 Å². The Morgan fingerprint density at radius 2 is 2.00 bits per heavy atom. The molecule has 1 aliphatic carbocycles. The van der Waals surface area contributed by atoms with Gasteiger partial charge in [-0.1, -0.05) is 13.0 Å². The van der Waals surface area contributed by atoms with Crippen molar-refractivity contribution in [3.8, 4) is 17.0 Å². The molecule has 32 heavy (non-hydrogen) atoms. The number of nitrogens with zero attached hydrogens (tertiary/aromatic N) is 3. The molecule has 1 aromatic carbocycles. The maximum absolute atomic E-state index is 6.28. The fourth-order valence-electron chi connectivity index (χ4n) is 4.40. The van der Waals surface area contributed by atoms with Gasteiger partial charge in [-0.05, 0) is 49.3 Å². The zero-order valence-electron chi connectivity index (χ0n) is 18.7. The second-order valence-electron chi connectivity index (χ2n) is 8.84. The van der Waals surface area contributed by atoms with Crippen LogP contribution in [-0.2, 0) is 16.1 Å². The number of benzene rings is 1. The van der Waals surface area contributed by atoms with Crippen molar-refractivity contribution in [2.45, 2.75) is 57.8 Å². The maximum Gasteiger partial charge on any atom is 0.226 e. The van der Waals surface area contributed by atoms with Crippen LogP contribution in [0.5, 0.6) is 5.88 Å². The zero-order valence-corrected chi connectivity index (χ0v) is 18.7. The molecule has 3 aromatic rings. The highest BCUT2D eigenvalue weighted by Gasteiger charge is 2.23. The monoisotopic (exact) mass is 438 g/mol. The SMILES string of the molecule is COCc1nc2cc(-c3cnc(NC4CCC(C)CC4)nc3O[C@@H]3CCOC3)ccc2o1.